The monoisotopic (exact) mass is 379 g/mol. The van der Waals surface area contributed by atoms with Crippen LogP contribution in [0.15, 0.2) is 60.7 Å². The highest BCUT2D eigenvalue weighted by atomic mass is 16.6. The third-order valence-electron chi connectivity index (χ3n) is 4.87. The Morgan fingerprint density at radius 2 is 1.71 bits per heavy atom. The minimum Gasteiger partial charge on any atom is -0.507 e. The number of aliphatic hydroxyl groups is 1. The van der Waals surface area contributed by atoms with Gasteiger partial charge in [-0.25, -0.2) is 4.79 Å². The summed E-state index contributed by atoms with van der Waals surface area (Å²) < 4.78 is 5.79. The molecule has 5 nitrogen and oxygen atoms in total. The van der Waals surface area contributed by atoms with Crippen molar-refractivity contribution in [3.05, 3.63) is 71.8 Å². The van der Waals surface area contributed by atoms with Crippen LogP contribution in [0.1, 0.15) is 30.6 Å². The van der Waals surface area contributed by atoms with E-state index in [1.807, 2.05) is 62.4 Å². The van der Waals surface area contributed by atoms with Crippen molar-refractivity contribution in [1.29, 1.82) is 0 Å². The van der Waals surface area contributed by atoms with Crippen molar-refractivity contribution in [3.63, 3.8) is 0 Å². The predicted molar refractivity (Wildman–Crippen MR) is 111 cm³/mol. The van der Waals surface area contributed by atoms with Gasteiger partial charge in [0.15, 0.2) is 0 Å². The number of amides is 1. The maximum absolute atomic E-state index is 12.5. The quantitative estimate of drug-likeness (QED) is 0.553. The number of rotatable bonds is 6. The molecule has 0 aliphatic heterocycles. The molecule has 146 valence electrons. The van der Waals surface area contributed by atoms with E-state index in [4.69, 9.17) is 4.74 Å². The minimum absolute atomic E-state index is 0.00335. The van der Waals surface area contributed by atoms with Crippen LogP contribution in [0.3, 0.4) is 0 Å². The van der Waals surface area contributed by atoms with E-state index in [0.717, 1.165) is 16.5 Å². The number of fused-ring (bicyclic) bond motifs is 1. The van der Waals surface area contributed by atoms with Gasteiger partial charge < -0.3 is 14.9 Å². The van der Waals surface area contributed by atoms with Crippen LogP contribution < -0.4 is 5.32 Å². The third-order valence-corrected chi connectivity index (χ3v) is 4.87. The molecule has 5 heteroatoms. The van der Waals surface area contributed by atoms with Crippen LogP contribution >= 0.6 is 0 Å². The zero-order valence-electron chi connectivity index (χ0n) is 16.1. The van der Waals surface area contributed by atoms with E-state index >= 15 is 0 Å². The van der Waals surface area contributed by atoms with Crippen LogP contribution in [-0.4, -0.2) is 22.9 Å². The molecule has 3 aromatic carbocycles. The van der Waals surface area contributed by atoms with Crippen LogP contribution in [0.25, 0.3) is 10.8 Å². The standard InChI is InChI=1S/C23H25NO4/c1-15-7-9-17(10-8-15)24-23(27)28-22(16(2)13-14-25)20-11-12-21(26)19-6-4-3-5-18(19)20/h3-12,16,22,25-26H,13-14H2,1-2H3,(H,24,27)/t16-,22+/m1/s1. The van der Waals surface area contributed by atoms with Gasteiger partial charge in [0.2, 0.25) is 0 Å². The molecule has 0 unspecified atom stereocenters. The molecule has 28 heavy (non-hydrogen) atoms. The van der Waals surface area contributed by atoms with Crippen molar-refractivity contribution in [1.82, 2.24) is 0 Å². The van der Waals surface area contributed by atoms with E-state index < -0.39 is 12.2 Å². The molecule has 0 radical (unpaired) electrons. The van der Waals surface area contributed by atoms with E-state index in [9.17, 15) is 15.0 Å². The first-order chi connectivity index (χ1) is 13.5. The predicted octanol–water partition coefficient (Wildman–Crippen LogP) is 5.16. The smallest absolute Gasteiger partial charge is 0.412 e. The molecular formula is C23H25NO4. The Morgan fingerprint density at radius 1 is 1.04 bits per heavy atom. The second-order valence-corrected chi connectivity index (χ2v) is 7.03. The molecule has 0 saturated heterocycles. The molecule has 1 amide bonds. The highest BCUT2D eigenvalue weighted by Crippen LogP contribution is 2.36. The molecule has 0 aromatic heterocycles. The van der Waals surface area contributed by atoms with Gasteiger partial charge in [-0.3, -0.25) is 5.32 Å². The number of hydrogen-bond donors (Lipinski definition) is 3. The van der Waals surface area contributed by atoms with Gasteiger partial charge in [0.25, 0.3) is 0 Å². The molecule has 3 rings (SSSR count). The topological polar surface area (TPSA) is 78.8 Å². The Balaban J connectivity index is 1.90. The van der Waals surface area contributed by atoms with E-state index in [1.165, 1.54) is 0 Å². The molecule has 0 spiro atoms. The van der Waals surface area contributed by atoms with E-state index in [0.29, 0.717) is 17.5 Å². The Morgan fingerprint density at radius 3 is 2.39 bits per heavy atom. The first-order valence-electron chi connectivity index (χ1n) is 9.35. The highest BCUT2D eigenvalue weighted by Gasteiger charge is 2.26. The number of ether oxygens (including phenoxy) is 1. The lowest BCUT2D eigenvalue weighted by Gasteiger charge is -2.25. The summed E-state index contributed by atoms with van der Waals surface area (Å²) in [7, 11) is 0. The van der Waals surface area contributed by atoms with Gasteiger partial charge in [-0.15, -0.1) is 0 Å². The zero-order chi connectivity index (χ0) is 20.1. The number of aliphatic hydroxyl groups excluding tert-OH is 1. The molecule has 0 fully saturated rings. The van der Waals surface area contributed by atoms with Gasteiger partial charge in [0, 0.05) is 23.2 Å². The summed E-state index contributed by atoms with van der Waals surface area (Å²) in [5, 5.41) is 23.8. The summed E-state index contributed by atoms with van der Waals surface area (Å²) in [5.41, 5.74) is 2.55. The number of aromatic hydroxyl groups is 1. The number of carbonyl (C=O) groups excluding carboxylic acids is 1. The maximum Gasteiger partial charge on any atom is 0.412 e. The molecule has 0 bridgehead atoms. The fraction of sp³-hybridized carbons (Fsp3) is 0.261. The number of benzene rings is 3. The summed E-state index contributed by atoms with van der Waals surface area (Å²) in [5.74, 6) is 0.0683. The zero-order valence-corrected chi connectivity index (χ0v) is 16.1. The van der Waals surface area contributed by atoms with Crippen molar-refractivity contribution in [3.8, 4) is 5.75 Å². The second kappa shape index (κ2) is 8.76. The normalized spacial score (nSPS) is 13.1. The SMILES string of the molecule is Cc1ccc(NC(=O)O[C@H](c2ccc(O)c3ccccc23)[C@H](C)CCO)cc1. The fourth-order valence-corrected chi connectivity index (χ4v) is 3.30. The number of aryl methyl sites for hydroxylation is 1. The van der Waals surface area contributed by atoms with Gasteiger partial charge in [0.05, 0.1) is 0 Å². The minimum atomic E-state index is -0.567. The molecular weight excluding hydrogens is 354 g/mol. The Hall–Kier alpha value is -3.05. The largest absolute Gasteiger partial charge is 0.507 e. The van der Waals surface area contributed by atoms with Crippen molar-refractivity contribution in [2.75, 3.05) is 11.9 Å². The maximum atomic E-state index is 12.5. The lowest BCUT2D eigenvalue weighted by Crippen LogP contribution is -2.22. The van der Waals surface area contributed by atoms with Crippen molar-refractivity contribution in [2.24, 2.45) is 5.92 Å². The van der Waals surface area contributed by atoms with E-state index in [2.05, 4.69) is 5.32 Å². The number of anilines is 1. The first-order valence-corrected chi connectivity index (χ1v) is 9.35. The summed E-state index contributed by atoms with van der Waals surface area (Å²) in [6.45, 7) is 3.91. The fourth-order valence-electron chi connectivity index (χ4n) is 3.30. The van der Waals surface area contributed by atoms with Crippen molar-refractivity contribution in [2.45, 2.75) is 26.4 Å². The van der Waals surface area contributed by atoms with E-state index in [1.54, 1.807) is 12.1 Å². The number of nitrogens with one attached hydrogen (secondary N) is 1. The van der Waals surface area contributed by atoms with Crippen LogP contribution in [0.4, 0.5) is 10.5 Å². The molecule has 0 aliphatic carbocycles. The van der Waals surface area contributed by atoms with Crippen LogP contribution in [0, 0.1) is 12.8 Å². The third kappa shape index (κ3) is 4.43. The van der Waals surface area contributed by atoms with Gasteiger partial charge in [-0.2, -0.15) is 0 Å². The van der Waals surface area contributed by atoms with Crippen LogP contribution in [-0.2, 0) is 4.74 Å². The summed E-state index contributed by atoms with van der Waals surface area (Å²) in [4.78, 5) is 12.5. The van der Waals surface area contributed by atoms with Crippen LogP contribution in [0.5, 0.6) is 5.75 Å². The van der Waals surface area contributed by atoms with Gasteiger partial charge in [0.1, 0.15) is 11.9 Å². The number of hydrogen-bond acceptors (Lipinski definition) is 4. The van der Waals surface area contributed by atoms with Gasteiger partial charge in [-0.1, -0.05) is 55.0 Å². The highest BCUT2D eigenvalue weighted by molar-refractivity contribution is 5.91. The molecule has 0 heterocycles. The first kappa shape index (κ1) is 19.7. The summed E-state index contributed by atoms with van der Waals surface area (Å²) in [6, 6.07) is 18.3. The summed E-state index contributed by atoms with van der Waals surface area (Å²) >= 11 is 0. The Kier molecular flexibility index (Phi) is 6.16. The second-order valence-electron chi connectivity index (χ2n) is 7.03. The lowest BCUT2D eigenvalue weighted by molar-refractivity contribution is 0.0676. The van der Waals surface area contributed by atoms with E-state index in [-0.39, 0.29) is 18.3 Å². The van der Waals surface area contributed by atoms with Gasteiger partial charge in [-0.05, 0) is 42.8 Å². The molecule has 3 N–H and O–H groups in total. The average Bonchev–Trinajstić information content (AvgIpc) is 2.69. The molecule has 0 saturated carbocycles. The Labute approximate surface area is 164 Å². The molecule has 3 aromatic rings. The average molecular weight is 379 g/mol. The summed E-state index contributed by atoms with van der Waals surface area (Å²) in [6.07, 6.45) is -0.642. The lowest BCUT2D eigenvalue weighted by atomic mass is 9.91. The van der Waals surface area contributed by atoms with Gasteiger partial charge >= 0.3 is 6.09 Å². The Bertz CT molecular complexity index is 952. The van der Waals surface area contributed by atoms with Crippen molar-refractivity contribution >= 4 is 22.6 Å². The number of phenolic OH excluding ortho intramolecular Hbond substituents is 1. The number of phenols is 1. The van der Waals surface area contributed by atoms with Crippen LogP contribution in [0.2, 0.25) is 0 Å². The molecule has 0 aliphatic rings. The van der Waals surface area contributed by atoms with Crippen molar-refractivity contribution < 1.29 is 19.7 Å². The molecule has 2 atom stereocenters. The number of carbonyl (C=O) groups is 1.